The van der Waals surface area contributed by atoms with Gasteiger partial charge in [0.15, 0.2) is 0 Å². The molecule has 1 unspecified atom stereocenters. The lowest BCUT2D eigenvalue weighted by molar-refractivity contribution is 0.551. The van der Waals surface area contributed by atoms with Crippen LogP contribution in [0.15, 0.2) is 54.9 Å². The first-order valence-electron chi connectivity index (χ1n) is 7.21. The molecule has 1 aliphatic heterocycles. The lowest BCUT2D eigenvalue weighted by Gasteiger charge is -2.25. The van der Waals surface area contributed by atoms with Crippen LogP contribution in [0.2, 0.25) is 10.0 Å². The van der Waals surface area contributed by atoms with E-state index in [1.807, 2.05) is 24.3 Å². The Bertz CT molecular complexity index is 931. The average molecular weight is 361 g/mol. The fourth-order valence-corrected chi connectivity index (χ4v) is 3.22. The Hall–Kier alpha value is -2.37. The van der Waals surface area contributed by atoms with E-state index >= 15 is 0 Å². The molecule has 1 aromatic heterocycles. The molecule has 120 valence electrons. The number of rotatable bonds is 2. The molecule has 0 amide bonds. The minimum absolute atomic E-state index is 0.338. The monoisotopic (exact) mass is 360 g/mol. The number of hydrogen-bond acceptors (Lipinski definition) is 3. The third-order valence-corrected chi connectivity index (χ3v) is 4.40. The normalized spacial score (nSPS) is 16.3. The second-order valence-electron chi connectivity index (χ2n) is 5.32. The van der Waals surface area contributed by atoms with Crippen LogP contribution in [0.4, 0.5) is 10.3 Å². The maximum absolute atomic E-state index is 14.4. The lowest BCUT2D eigenvalue weighted by atomic mass is 10.0. The summed E-state index contributed by atoms with van der Waals surface area (Å²) < 4.78 is 16.0. The van der Waals surface area contributed by atoms with Crippen molar-refractivity contribution in [1.29, 1.82) is 0 Å². The number of anilines is 1. The van der Waals surface area contributed by atoms with Crippen molar-refractivity contribution in [3.8, 4) is 0 Å². The van der Waals surface area contributed by atoms with Gasteiger partial charge in [0.2, 0.25) is 5.95 Å². The number of halogens is 3. The number of nitrogens with zero attached hydrogens (tertiary/aromatic N) is 3. The number of fused-ring (bicyclic) bond motifs is 1. The van der Waals surface area contributed by atoms with Gasteiger partial charge in [0, 0.05) is 21.3 Å². The second kappa shape index (κ2) is 5.92. The SMILES string of the molecule is Fc1cccc(Cl)c1C1C=C(c2cccc(Cl)c2)Nc2ncnn21. The molecule has 0 bridgehead atoms. The molecular formula is C17H11Cl2FN4. The zero-order valence-corrected chi connectivity index (χ0v) is 13.8. The largest absolute Gasteiger partial charge is 0.324 e. The van der Waals surface area contributed by atoms with Gasteiger partial charge in [-0.05, 0) is 35.9 Å². The van der Waals surface area contributed by atoms with Crippen LogP contribution in [-0.4, -0.2) is 14.8 Å². The van der Waals surface area contributed by atoms with E-state index in [2.05, 4.69) is 15.4 Å². The van der Waals surface area contributed by atoms with Crippen LogP contribution in [0.1, 0.15) is 17.2 Å². The summed E-state index contributed by atoms with van der Waals surface area (Å²) in [6.45, 7) is 0. The van der Waals surface area contributed by atoms with E-state index in [-0.39, 0.29) is 0 Å². The lowest BCUT2D eigenvalue weighted by Crippen LogP contribution is -2.21. The Morgan fingerprint density at radius 2 is 1.96 bits per heavy atom. The number of benzene rings is 2. The average Bonchev–Trinajstić information content (AvgIpc) is 3.03. The Kier molecular flexibility index (Phi) is 3.75. The molecule has 7 heteroatoms. The predicted molar refractivity (Wildman–Crippen MR) is 92.6 cm³/mol. The summed E-state index contributed by atoms with van der Waals surface area (Å²) in [6.07, 6.45) is 3.27. The number of allylic oxidation sites excluding steroid dienone is 1. The molecule has 1 aliphatic rings. The summed E-state index contributed by atoms with van der Waals surface area (Å²) in [6, 6.07) is 11.5. The van der Waals surface area contributed by atoms with Crippen molar-refractivity contribution in [3.05, 3.63) is 81.9 Å². The molecule has 0 aliphatic carbocycles. The number of hydrogen-bond donors (Lipinski definition) is 1. The summed E-state index contributed by atoms with van der Waals surface area (Å²) in [4.78, 5) is 4.19. The highest BCUT2D eigenvalue weighted by molar-refractivity contribution is 6.31. The molecule has 2 aromatic carbocycles. The van der Waals surface area contributed by atoms with Gasteiger partial charge in [0.25, 0.3) is 0 Å². The molecule has 2 heterocycles. The molecule has 3 aromatic rings. The zero-order valence-electron chi connectivity index (χ0n) is 12.2. The molecule has 24 heavy (non-hydrogen) atoms. The van der Waals surface area contributed by atoms with Crippen LogP contribution in [0.25, 0.3) is 5.70 Å². The van der Waals surface area contributed by atoms with Crippen molar-refractivity contribution in [2.75, 3.05) is 5.32 Å². The maximum Gasteiger partial charge on any atom is 0.226 e. The van der Waals surface area contributed by atoms with Gasteiger partial charge in [0.1, 0.15) is 18.2 Å². The maximum atomic E-state index is 14.4. The minimum Gasteiger partial charge on any atom is -0.324 e. The van der Waals surface area contributed by atoms with E-state index in [0.29, 0.717) is 21.6 Å². The third kappa shape index (κ3) is 2.56. The van der Waals surface area contributed by atoms with Gasteiger partial charge in [-0.15, -0.1) is 0 Å². The highest BCUT2D eigenvalue weighted by atomic mass is 35.5. The van der Waals surface area contributed by atoms with Gasteiger partial charge < -0.3 is 5.32 Å². The smallest absolute Gasteiger partial charge is 0.226 e. The molecule has 0 saturated carbocycles. The summed E-state index contributed by atoms with van der Waals surface area (Å²) in [5.41, 5.74) is 1.99. The van der Waals surface area contributed by atoms with E-state index in [9.17, 15) is 4.39 Å². The zero-order chi connectivity index (χ0) is 16.7. The fraction of sp³-hybridized carbons (Fsp3) is 0.0588. The van der Waals surface area contributed by atoms with Gasteiger partial charge >= 0.3 is 0 Å². The molecule has 0 radical (unpaired) electrons. The molecular weight excluding hydrogens is 350 g/mol. The summed E-state index contributed by atoms with van der Waals surface area (Å²) in [7, 11) is 0. The molecule has 0 spiro atoms. The summed E-state index contributed by atoms with van der Waals surface area (Å²) >= 11 is 12.3. The second-order valence-corrected chi connectivity index (χ2v) is 6.17. The van der Waals surface area contributed by atoms with Crippen molar-refractivity contribution >= 4 is 34.8 Å². The predicted octanol–water partition coefficient (Wildman–Crippen LogP) is 4.78. The van der Waals surface area contributed by atoms with Crippen LogP contribution < -0.4 is 5.32 Å². The molecule has 0 fully saturated rings. The molecule has 0 saturated heterocycles. The third-order valence-electron chi connectivity index (χ3n) is 3.84. The quantitative estimate of drug-likeness (QED) is 0.714. The first-order valence-corrected chi connectivity index (χ1v) is 7.97. The first kappa shape index (κ1) is 15.2. The first-order chi connectivity index (χ1) is 11.6. The Morgan fingerprint density at radius 1 is 1.12 bits per heavy atom. The number of nitrogens with one attached hydrogen (secondary N) is 1. The van der Waals surface area contributed by atoms with Gasteiger partial charge in [-0.25, -0.2) is 9.07 Å². The number of aromatic nitrogens is 3. The molecule has 1 N–H and O–H groups in total. The van der Waals surface area contributed by atoms with Crippen molar-refractivity contribution in [2.45, 2.75) is 6.04 Å². The van der Waals surface area contributed by atoms with E-state index in [0.717, 1.165) is 11.3 Å². The minimum atomic E-state index is -0.508. The Balaban J connectivity index is 1.89. The molecule has 4 rings (SSSR count). The fourth-order valence-electron chi connectivity index (χ4n) is 2.76. The van der Waals surface area contributed by atoms with E-state index < -0.39 is 11.9 Å². The van der Waals surface area contributed by atoms with E-state index in [1.165, 1.54) is 12.4 Å². The molecule has 1 atom stereocenters. The standard InChI is InChI=1S/C17H11Cl2FN4/c18-11-4-1-3-10(7-11)14-8-15(24-17(23-14)21-9-22-24)16-12(19)5-2-6-13(16)20/h1-9,15H,(H,21,22,23). The van der Waals surface area contributed by atoms with Crippen molar-refractivity contribution < 1.29 is 4.39 Å². The van der Waals surface area contributed by atoms with Gasteiger partial charge in [-0.1, -0.05) is 41.4 Å². The topological polar surface area (TPSA) is 42.7 Å². The van der Waals surface area contributed by atoms with Crippen molar-refractivity contribution in [2.24, 2.45) is 0 Å². The Labute approximate surface area is 147 Å². The highest BCUT2D eigenvalue weighted by Crippen LogP contribution is 2.36. The van der Waals surface area contributed by atoms with Crippen LogP contribution in [0.3, 0.4) is 0 Å². The van der Waals surface area contributed by atoms with Crippen molar-refractivity contribution in [1.82, 2.24) is 14.8 Å². The summed E-state index contributed by atoms with van der Waals surface area (Å²) in [5.74, 6) is 0.120. The van der Waals surface area contributed by atoms with Crippen LogP contribution in [0, 0.1) is 5.82 Å². The van der Waals surface area contributed by atoms with Crippen LogP contribution in [-0.2, 0) is 0 Å². The van der Waals surface area contributed by atoms with Crippen LogP contribution in [0.5, 0.6) is 0 Å². The van der Waals surface area contributed by atoms with E-state index in [1.54, 1.807) is 22.9 Å². The van der Waals surface area contributed by atoms with Crippen molar-refractivity contribution in [3.63, 3.8) is 0 Å². The molecule has 4 nitrogen and oxygen atoms in total. The van der Waals surface area contributed by atoms with Gasteiger partial charge in [-0.3, -0.25) is 0 Å². The highest BCUT2D eigenvalue weighted by Gasteiger charge is 2.27. The van der Waals surface area contributed by atoms with Gasteiger partial charge in [-0.2, -0.15) is 10.1 Å². The van der Waals surface area contributed by atoms with E-state index in [4.69, 9.17) is 23.2 Å². The van der Waals surface area contributed by atoms with Crippen LogP contribution >= 0.6 is 23.2 Å². The van der Waals surface area contributed by atoms with Gasteiger partial charge in [0.05, 0.1) is 0 Å². The summed E-state index contributed by atoms with van der Waals surface area (Å²) in [5, 5.41) is 8.33. The Morgan fingerprint density at radius 3 is 2.75 bits per heavy atom.